The highest BCUT2D eigenvalue weighted by molar-refractivity contribution is 5.09. The molecule has 0 aliphatic heterocycles. The standard InChI is InChI=1S/C6H10N2.C2H6.CH4/c1-4-5(2)8-6(3)7-4;1-2;/h1-3H3,(H,7,8);1-2H3;1H4. The van der Waals surface area contributed by atoms with Gasteiger partial charge in [-0.05, 0) is 20.8 Å². The van der Waals surface area contributed by atoms with E-state index < -0.39 is 0 Å². The number of aromatic nitrogens is 2. The lowest BCUT2D eigenvalue weighted by molar-refractivity contribution is 1.12. The lowest BCUT2D eigenvalue weighted by atomic mass is 10.4. The number of aromatic amines is 1. The number of hydrogen-bond acceptors (Lipinski definition) is 1. The van der Waals surface area contributed by atoms with Gasteiger partial charge in [-0.2, -0.15) is 0 Å². The lowest BCUT2D eigenvalue weighted by Crippen LogP contribution is -1.71. The van der Waals surface area contributed by atoms with Gasteiger partial charge in [0.2, 0.25) is 0 Å². The van der Waals surface area contributed by atoms with Gasteiger partial charge in [0, 0.05) is 5.69 Å². The van der Waals surface area contributed by atoms with Crippen molar-refractivity contribution in [2.24, 2.45) is 0 Å². The van der Waals surface area contributed by atoms with Crippen LogP contribution in [0.3, 0.4) is 0 Å². The van der Waals surface area contributed by atoms with Crippen LogP contribution in [0.5, 0.6) is 0 Å². The molecule has 0 fully saturated rings. The van der Waals surface area contributed by atoms with E-state index in [0.29, 0.717) is 0 Å². The molecule has 1 rings (SSSR count). The average Bonchev–Trinajstić information content (AvgIpc) is 2.16. The molecule has 0 radical (unpaired) electrons. The molecule has 1 N–H and O–H groups in total. The Kier molecular flexibility index (Phi) is 6.96. The second kappa shape index (κ2) is 5.96. The summed E-state index contributed by atoms with van der Waals surface area (Å²) in [5.74, 6) is 1.00. The van der Waals surface area contributed by atoms with Crippen molar-refractivity contribution >= 4 is 0 Å². The maximum absolute atomic E-state index is 4.16. The smallest absolute Gasteiger partial charge is 0.103 e. The molecule has 1 aromatic rings. The molecule has 2 heteroatoms. The van der Waals surface area contributed by atoms with Crippen LogP contribution < -0.4 is 0 Å². The van der Waals surface area contributed by atoms with Gasteiger partial charge in [0.15, 0.2) is 0 Å². The summed E-state index contributed by atoms with van der Waals surface area (Å²) in [6, 6.07) is 0. The zero-order chi connectivity index (χ0) is 8.15. The summed E-state index contributed by atoms with van der Waals surface area (Å²) in [4.78, 5) is 7.25. The van der Waals surface area contributed by atoms with Crippen molar-refractivity contribution < 1.29 is 0 Å². The van der Waals surface area contributed by atoms with Gasteiger partial charge in [-0.25, -0.2) is 4.98 Å². The van der Waals surface area contributed by atoms with Crippen molar-refractivity contribution in [2.75, 3.05) is 0 Å². The molecule has 0 atom stereocenters. The van der Waals surface area contributed by atoms with Crippen LogP contribution in [0, 0.1) is 20.8 Å². The number of hydrogen-bond donors (Lipinski definition) is 1. The molecule has 0 spiro atoms. The number of nitrogens with zero attached hydrogens (tertiary/aromatic N) is 1. The van der Waals surface area contributed by atoms with E-state index in [0.717, 1.165) is 11.5 Å². The Bertz CT molecular complexity index is 170. The van der Waals surface area contributed by atoms with Crippen molar-refractivity contribution in [3.63, 3.8) is 0 Å². The summed E-state index contributed by atoms with van der Waals surface area (Å²) in [5.41, 5.74) is 2.27. The van der Waals surface area contributed by atoms with Crippen molar-refractivity contribution in [1.82, 2.24) is 9.97 Å². The van der Waals surface area contributed by atoms with E-state index in [1.54, 1.807) is 0 Å². The van der Waals surface area contributed by atoms with E-state index in [2.05, 4.69) is 9.97 Å². The molecular weight excluding hydrogens is 136 g/mol. The fourth-order valence-electron chi connectivity index (χ4n) is 0.725. The number of rotatable bonds is 0. The van der Waals surface area contributed by atoms with Crippen LogP contribution in [-0.2, 0) is 0 Å². The van der Waals surface area contributed by atoms with E-state index >= 15 is 0 Å². The van der Waals surface area contributed by atoms with Crippen LogP contribution in [0.4, 0.5) is 0 Å². The van der Waals surface area contributed by atoms with Gasteiger partial charge in [0.25, 0.3) is 0 Å². The van der Waals surface area contributed by atoms with E-state index in [-0.39, 0.29) is 7.43 Å². The maximum Gasteiger partial charge on any atom is 0.103 e. The molecule has 1 heterocycles. The topological polar surface area (TPSA) is 28.7 Å². The SMILES string of the molecule is C.CC.Cc1nc(C)c(C)[nH]1. The first-order valence-corrected chi connectivity index (χ1v) is 3.70. The zero-order valence-electron chi connectivity index (χ0n) is 7.45. The number of aryl methyl sites for hydroxylation is 3. The molecule has 0 saturated carbocycles. The second-order valence-corrected chi connectivity index (χ2v) is 2.03. The normalized spacial score (nSPS) is 7.73. The van der Waals surface area contributed by atoms with Gasteiger partial charge in [0.05, 0.1) is 5.69 Å². The van der Waals surface area contributed by atoms with Crippen LogP contribution in [0.1, 0.15) is 38.5 Å². The molecule has 0 saturated heterocycles. The van der Waals surface area contributed by atoms with E-state index in [9.17, 15) is 0 Å². The van der Waals surface area contributed by atoms with Gasteiger partial charge in [-0.1, -0.05) is 21.3 Å². The van der Waals surface area contributed by atoms with Crippen molar-refractivity contribution in [3.05, 3.63) is 17.2 Å². The molecule has 0 aliphatic carbocycles. The quantitative estimate of drug-likeness (QED) is 0.614. The summed E-state index contributed by atoms with van der Waals surface area (Å²) in [6.07, 6.45) is 0. The second-order valence-electron chi connectivity index (χ2n) is 2.03. The Balaban J connectivity index is 0. The van der Waals surface area contributed by atoms with E-state index in [1.807, 2.05) is 34.6 Å². The van der Waals surface area contributed by atoms with Gasteiger partial charge in [-0.15, -0.1) is 0 Å². The summed E-state index contributed by atoms with van der Waals surface area (Å²) in [5, 5.41) is 0. The predicted octanol–water partition coefficient (Wildman–Crippen LogP) is 3.00. The minimum absolute atomic E-state index is 0. The average molecular weight is 156 g/mol. The molecule has 11 heavy (non-hydrogen) atoms. The molecular formula is C9H20N2. The highest BCUT2D eigenvalue weighted by Gasteiger charge is 1.93. The zero-order valence-corrected chi connectivity index (χ0v) is 7.45. The summed E-state index contributed by atoms with van der Waals surface area (Å²) >= 11 is 0. The van der Waals surface area contributed by atoms with Gasteiger partial charge < -0.3 is 4.98 Å². The van der Waals surface area contributed by atoms with Crippen molar-refractivity contribution in [3.8, 4) is 0 Å². The summed E-state index contributed by atoms with van der Waals surface area (Å²) in [6.45, 7) is 9.98. The molecule has 0 aliphatic rings. The van der Waals surface area contributed by atoms with Crippen molar-refractivity contribution in [2.45, 2.75) is 42.0 Å². The van der Waals surface area contributed by atoms with Crippen LogP contribution in [0.15, 0.2) is 0 Å². The van der Waals surface area contributed by atoms with Crippen LogP contribution in [-0.4, -0.2) is 9.97 Å². The fourth-order valence-corrected chi connectivity index (χ4v) is 0.725. The monoisotopic (exact) mass is 156 g/mol. The third-order valence-electron chi connectivity index (χ3n) is 1.25. The van der Waals surface area contributed by atoms with E-state index in [4.69, 9.17) is 0 Å². The number of H-pyrrole nitrogens is 1. The Morgan fingerprint density at radius 1 is 1.09 bits per heavy atom. The third kappa shape index (κ3) is 3.81. The van der Waals surface area contributed by atoms with Gasteiger partial charge in [0.1, 0.15) is 5.82 Å². The Labute approximate surface area is 70.1 Å². The fraction of sp³-hybridized carbons (Fsp3) is 0.667. The molecule has 0 aromatic carbocycles. The first kappa shape index (κ1) is 12.8. The molecule has 1 aromatic heterocycles. The highest BCUT2D eigenvalue weighted by atomic mass is 14.9. The highest BCUT2D eigenvalue weighted by Crippen LogP contribution is 1.99. The first-order chi connectivity index (χ1) is 4.70. The van der Waals surface area contributed by atoms with Crippen LogP contribution in [0.2, 0.25) is 0 Å². The lowest BCUT2D eigenvalue weighted by Gasteiger charge is -1.79. The Morgan fingerprint density at radius 3 is 1.64 bits per heavy atom. The number of nitrogens with one attached hydrogen (secondary N) is 1. The molecule has 0 unspecified atom stereocenters. The molecule has 0 amide bonds. The minimum atomic E-state index is 0. The van der Waals surface area contributed by atoms with E-state index in [1.165, 1.54) is 5.69 Å². The van der Waals surface area contributed by atoms with Crippen LogP contribution in [0.25, 0.3) is 0 Å². The Hall–Kier alpha value is -0.790. The molecule has 66 valence electrons. The maximum atomic E-state index is 4.16. The minimum Gasteiger partial charge on any atom is -0.346 e. The third-order valence-corrected chi connectivity index (χ3v) is 1.25. The largest absolute Gasteiger partial charge is 0.346 e. The molecule has 2 nitrogen and oxygen atoms in total. The van der Waals surface area contributed by atoms with Crippen molar-refractivity contribution in [1.29, 1.82) is 0 Å². The molecule has 0 bridgehead atoms. The Morgan fingerprint density at radius 2 is 1.55 bits per heavy atom. The number of imidazole rings is 1. The first-order valence-electron chi connectivity index (χ1n) is 3.70. The summed E-state index contributed by atoms with van der Waals surface area (Å²) in [7, 11) is 0. The van der Waals surface area contributed by atoms with Gasteiger partial charge >= 0.3 is 0 Å². The predicted molar refractivity (Wildman–Crippen MR) is 50.9 cm³/mol. The van der Waals surface area contributed by atoms with Crippen LogP contribution >= 0.6 is 0 Å². The summed E-state index contributed by atoms with van der Waals surface area (Å²) < 4.78 is 0. The van der Waals surface area contributed by atoms with Gasteiger partial charge in [-0.3, -0.25) is 0 Å².